The van der Waals surface area contributed by atoms with Gasteiger partial charge in [0, 0.05) is 6.42 Å². The van der Waals surface area contributed by atoms with Gasteiger partial charge >= 0.3 is 0 Å². The minimum Gasteiger partial charge on any atom is -0.494 e. The van der Waals surface area contributed by atoms with Crippen LogP contribution in [0.25, 0.3) is 0 Å². The van der Waals surface area contributed by atoms with Crippen LogP contribution in [0.2, 0.25) is 0 Å². The van der Waals surface area contributed by atoms with E-state index in [0.717, 1.165) is 11.3 Å². The molecular formula is C21H25NO. The summed E-state index contributed by atoms with van der Waals surface area (Å²) in [5.41, 5.74) is 3.71. The third kappa shape index (κ3) is 4.86. The van der Waals surface area contributed by atoms with Gasteiger partial charge in [-0.3, -0.25) is 0 Å². The number of ether oxygens (including phenoxy) is 1. The van der Waals surface area contributed by atoms with Crippen molar-refractivity contribution in [2.45, 2.75) is 45.4 Å². The first kappa shape index (κ1) is 17.1. The van der Waals surface area contributed by atoms with Gasteiger partial charge in [-0.15, -0.1) is 0 Å². The van der Waals surface area contributed by atoms with Crippen molar-refractivity contribution >= 4 is 0 Å². The van der Waals surface area contributed by atoms with E-state index in [0.29, 0.717) is 13.0 Å². The number of aryl methyl sites for hydroxylation is 1. The van der Waals surface area contributed by atoms with Gasteiger partial charge in [-0.05, 0) is 35.6 Å². The molecule has 0 fully saturated rings. The molecule has 0 aliphatic rings. The van der Waals surface area contributed by atoms with Crippen LogP contribution < -0.4 is 4.74 Å². The van der Waals surface area contributed by atoms with Crippen molar-refractivity contribution in [2.24, 2.45) is 0 Å². The number of benzene rings is 2. The second kappa shape index (κ2) is 7.33. The Kier molecular flexibility index (Phi) is 5.45. The summed E-state index contributed by atoms with van der Waals surface area (Å²) in [4.78, 5) is 0. The van der Waals surface area contributed by atoms with E-state index in [1.54, 1.807) is 0 Å². The molecule has 2 nitrogen and oxygen atoms in total. The van der Waals surface area contributed by atoms with Crippen LogP contribution in [0.1, 0.15) is 49.8 Å². The third-order valence-corrected chi connectivity index (χ3v) is 4.03. The molecule has 0 N–H and O–H groups in total. The smallest absolute Gasteiger partial charge is 0.119 e. The summed E-state index contributed by atoms with van der Waals surface area (Å²) in [5.74, 6) is 0.739. The maximum atomic E-state index is 9.37. The molecule has 0 saturated heterocycles. The van der Waals surface area contributed by atoms with Gasteiger partial charge in [-0.2, -0.15) is 5.26 Å². The highest BCUT2D eigenvalue weighted by Crippen LogP contribution is 2.25. The van der Waals surface area contributed by atoms with Crippen molar-refractivity contribution in [1.82, 2.24) is 0 Å². The van der Waals surface area contributed by atoms with E-state index in [2.05, 4.69) is 45.9 Å². The number of hydrogen-bond donors (Lipinski definition) is 0. The fourth-order valence-electron chi connectivity index (χ4n) is 2.45. The Morgan fingerprint density at radius 1 is 1.00 bits per heavy atom. The number of nitrogens with zero attached hydrogens (tertiary/aromatic N) is 1. The monoisotopic (exact) mass is 307 g/mol. The second-order valence-electron chi connectivity index (χ2n) is 7.00. The van der Waals surface area contributed by atoms with Gasteiger partial charge in [-0.25, -0.2) is 0 Å². The molecule has 2 aromatic carbocycles. The summed E-state index contributed by atoms with van der Waals surface area (Å²) in [7, 11) is 0. The molecule has 0 heterocycles. The molecule has 120 valence electrons. The van der Waals surface area contributed by atoms with E-state index in [1.807, 2.05) is 36.4 Å². The van der Waals surface area contributed by atoms with Gasteiger partial charge in [0.2, 0.25) is 0 Å². The van der Waals surface area contributed by atoms with Crippen LogP contribution in [0.4, 0.5) is 0 Å². The maximum absolute atomic E-state index is 9.37. The van der Waals surface area contributed by atoms with E-state index < -0.39 is 0 Å². The summed E-state index contributed by atoms with van der Waals surface area (Å²) in [6.45, 7) is 9.18. The lowest BCUT2D eigenvalue weighted by molar-refractivity contribution is 0.305. The molecule has 0 saturated carbocycles. The van der Waals surface area contributed by atoms with Crippen LogP contribution in [-0.4, -0.2) is 6.61 Å². The Hall–Kier alpha value is -2.27. The molecular weight excluding hydrogens is 282 g/mol. The first-order chi connectivity index (χ1) is 10.9. The van der Waals surface area contributed by atoms with Crippen molar-refractivity contribution in [3.8, 4) is 11.8 Å². The lowest BCUT2D eigenvalue weighted by Crippen LogP contribution is -2.10. The lowest BCUT2D eigenvalue weighted by atomic mass is 9.87. The molecule has 1 atom stereocenters. The zero-order chi connectivity index (χ0) is 16.9. The van der Waals surface area contributed by atoms with E-state index in [4.69, 9.17) is 4.74 Å². The van der Waals surface area contributed by atoms with Crippen molar-refractivity contribution in [1.29, 1.82) is 5.26 Å². The molecule has 2 aromatic rings. The van der Waals surface area contributed by atoms with Gasteiger partial charge < -0.3 is 4.74 Å². The number of rotatable bonds is 5. The summed E-state index contributed by atoms with van der Waals surface area (Å²) in [6, 6.07) is 18.8. The van der Waals surface area contributed by atoms with Crippen molar-refractivity contribution < 1.29 is 4.74 Å². The first-order valence-corrected chi connectivity index (χ1v) is 8.09. The summed E-state index contributed by atoms with van der Waals surface area (Å²) in [6.07, 6.45) is 0.695. The number of nitriles is 1. The predicted molar refractivity (Wildman–Crippen MR) is 94.8 cm³/mol. The van der Waals surface area contributed by atoms with Crippen LogP contribution in [0, 0.1) is 18.3 Å². The van der Waals surface area contributed by atoms with Crippen LogP contribution in [0.5, 0.6) is 5.75 Å². The maximum Gasteiger partial charge on any atom is 0.119 e. The van der Waals surface area contributed by atoms with Crippen LogP contribution in [0.15, 0.2) is 48.5 Å². The van der Waals surface area contributed by atoms with E-state index >= 15 is 0 Å². The van der Waals surface area contributed by atoms with E-state index in [9.17, 15) is 5.26 Å². The molecule has 23 heavy (non-hydrogen) atoms. The first-order valence-electron chi connectivity index (χ1n) is 8.09. The molecule has 0 aromatic heterocycles. The summed E-state index contributed by atoms with van der Waals surface area (Å²) < 4.78 is 5.80. The topological polar surface area (TPSA) is 33.0 Å². The van der Waals surface area contributed by atoms with Gasteiger partial charge in [-0.1, -0.05) is 62.7 Å². The summed E-state index contributed by atoms with van der Waals surface area (Å²) in [5, 5.41) is 9.37. The third-order valence-electron chi connectivity index (χ3n) is 4.03. The zero-order valence-corrected chi connectivity index (χ0v) is 14.5. The van der Waals surface area contributed by atoms with Gasteiger partial charge in [0.1, 0.15) is 5.75 Å². The van der Waals surface area contributed by atoms with Crippen molar-refractivity contribution in [2.75, 3.05) is 6.61 Å². The normalized spacial score (nSPS) is 12.5. The zero-order valence-electron chi connectivity index (χ0n) is 14.5. The van der Waals surface area contributed by atoms with Gasteiger partial charge in [0.05, 0.1) is 18.6 Å². The quantitative estimate of drug-likeness (QED) is 0.744. The van der Waals surface area contributed by atoms with Crippen LogP contribution >= 0.6 is 0 Å². The Morgan fingerprint density at radius 3 is 2.13 bits per heavy atom. The average molecular weight is 307 g/mol. The van der Waals surface area contributed by atoms with Crippen molar-refractivity contribution in [3.63, 3.8) is 0 Å². The molecule has 2 heteroatoms. The van der Waals surface area contributed by atoms with Gasteiger partial charge in [0.15, 0.2) is 0 Å². The molecule has 0 radical (unpaired) electrons. The van der Waals surface area contributed by atoms with Gasteiger partial charge in [0.25, 0.3) is 0 Å². The average Bonchev–Trinajstić information content (AvgIpc) is 2.52. The van der Waals surface area contributed by atoms with Crippen molar-refractivity contribution in [3.05, 3.63) is 65.2 Å². The molecule has 2 rings (SSSR count). The lowest BCUT2D eigenvalue weighted by Gasteiger charge is -2.19. The Balaban J connectivity index is 1.91. The highest BCUT2D eigenvalue weighted by atomic mass is 16.5. The highest BCUT2D eigenvalue weighted by Gasteiger charge is 2.13. The number of hydrogen-bond acceptors (Lipinski definition) is 2. The predicted octanol–water partition coefficient (Wildman–Crippen LogP) is 5.37. The SMILES string of the molecule is Cc1ccc(C(C#N)CCOc2ccc(C(C)(C)C)cc2)cc1. The highest BCUT2D eigenvalue weighted by molar-refractivity contribution is 5.31. The summed E-state index contributed by atoms with van der Waals surface area (Å²) >= 11 is 0. The minimum atomic E-state index is -0.121. The fourth-order valence-corrected chi connectivity index (χ4v) is 2.45. The Labute approximate surface area is 139 Å². The second-order valence-corrected chi connectivity index (χ2v) is 7.00. The standard InChI is InChI=1S/C21H25NO/c1-16-5-7-17(8-6-16)18(15-22)13-14-23-20-11-9-19(10-12-20)21(2,3)4/h5-12,18H,13-14H2,1-4H3. The Morgan fingerprint density at radius 2 is 1.61 bits per heavy atom. The molecule has 0 amide bonds. The minimum absolute atomic E-state index is 0.121. The molecule has 1 unspecified atom stereocenters. The van der Waals surface area contributed by atoms with E-state index in [-0.39, 0.29) is 11.3 Å². The molecule has 0 aliphatic carbocycles. The van der Waals surface area contributed by atoms with Crippen LogP contribution in [0.3, 0.4) is 0 Å². The molecule has 0 aliphatic heterocycles. The van der Waals surface area contributed by atoms with Crippen LogP contribution in [-0.2, 0) is 5.41 Å². The fraction of sp³-hybridized carbons (Fsp3) is 0.381. The molecule has 0 bridgehead atoms. The Bertz CT molecular complexity index is 657. The largest absolute Gasteiger partial charge is 0.494 e. The van der Waals surface area contributed by atoms with E-state index in [1.165, 1.54) is 11.1 Å². The molecule has 0 spiro atoms.